The van der Waals surface area contributed by atoms with E-state index in [2.05, 4.69) is 15.9 Å². The Hall–Kier alpha value is -1.16. The Morgan fingerprint density at radius 3 is 2.17 bits per heavy atom. The zero-order chi connectivity index (χ0) is 13.3. The average molecular weight is 310 g/mol. The number of aryl methyl sites for hydroxylation is 2. The second-order valence-electron chi connectivity index (χ2n) is 4.37. The number of rotatable bonds is 3. The van der Waals surface area contributed by atoms with E-state index < -0.39 is 0 Å². The molecule has 0 radical (unpaired) electrons. The van der Waals surface area contributed by atoms with E-state index in [0.717, 1.165) is 29.7 Å². The average Bonchev–Trinajstić information content (AvgIpc) is 2.62. The summed E-state index contributed by atoms with van der Waals surface area (Å²) in [4.78, 5) is 25.1. The van der Waals surface area contributed by atoms with Gasteiger partial charge in [0.1, 0.15) is 4.83 Å². The molecule has 1 atom stereocenters. The summed E-state index contributed by atoms with van der Waals surface area (Å²) in [6.45, 7) is 4.07. The molecule has 0 saturated carbocycles. The minimum absolute atomic E-state index is 0.113. The number of carbonyl (C=O) groups is 2. The highest BCUT2D eigenvalue weighted by Gasteiger charge is 2.39. The molecular formula is C14H16BrNO2. The summed E-state index contributed by atoms with van der Waals surface area (Å²) in [5, 5.41) is 0. The summed E-state index contributed by atoms with van der Waals surface area (Å²) in [5.74, 6) is -0.256. The SMILES string of the molecule is CCc1cccc(CC)c1N1C(=O)CC(Br)C1=O. The zero-order valence-corrected chi connectivity index (χ0v) is 12.2. The monoisotopic (exact) mass is 309 g/mol. The fraction of sp³-hybridized carbons (Fsp3) is 0.429. The molecule has 2 rings (SSSR count). The van der Waals surface area contributed by atoms with Crippen molar-refractivity contribution >= 4 is 33.4 Å². The first-order valence-corrected chi connectivity index (χ1v) is 7.13. The first-order chi connectivity index (χ1) is 8.60. The molecule has 0 aliphatic carbocycles. The van der Waals surface area contributed by atoms with Crippen LogP contribution in [0.4, 0.5) is 5.69 Å². The lowest BCUT2D eigenvalue weighted by Gasteiger charge is -2.21. The van der Waals surface area contributed by atoms with Crippen LogP contribution in [0.5, 0.6) is 0 Å². The van der Waals surface area contributed by atoms with Gasteiger partial charge < -0.3 is 0 Å². The van der Waals surface area contributed by atoms with Gasteiger partial charge in [0, 0.05) is 6.42 Å². The van der Waals surface area contributed by atoms with Gasteiger partial charge in [0.15, 0.2) is 0 Å². The Balaban J connectivity index is 2.56. The molecule has 0 spiro atoms. The van der Waals surface area contributed by atoms with Gasteiger partial charge >= 0.3 is 0 Å². The Bertz CT molecular complexity index is 476. The summed E-state index contributed by atoms with van der Waals surface area (Å²) >= 11 is 3.26. The molecule has 1 aromatic carbocycles. The Kier molecular flexibility index (Phi) is 3.85. The predicted molar refractivity (Wildman–Crippen MR) is 75.0 cm³/mol. The molecule has 18 heavy (non-hydrogen) atoms. The fourth-order valence-corrected chi connectivity index (χ4v) is 2.81. The number of carbonyl (C=O) groups excluding carboxylic acids is 2. The van der Waals surface area contributed by atoms with E-state index in [9.17, 15) is 9.59 Å². The standard InChI is InChI=1S/C14H16BrNO2/c1-3-9-6-5-7-10(4-2)13(9)16-12(17)8-11(15)14(16)18/h5-7,11H,3-4,8H2,1-2H3. The Morgan fingerprint density at radius 1 is 1.22 bits per heavy atom. The second-order valence-corrected chi connectivity index (χ2v) is 5.48. The third-order valence-electron chi connectivity index (χ3n) is 3.28. The summed E-state index contributed by atoms with van der Waals surface area (Å²) < 4.78 is 0. The largest absolute Gasteiger partial charge is 0.274 e. The number of alkyl halides is 1. The van der Waals surface area contributed by atoms with Gasteiger partial charge in [-0.15, -0.1) is 0 Å². The lowest BCUT2D eigenvalue weighted by molar-refractivity contribution is -0.121. The molecule has 1 aliphatic rings. The second kappa shape index (κ2) is 5.22. The van der Waals surface area contributed by atoms with Gasteiger partial charge in [0.2, 0.25) is 11.8 Å². The van der Waals surface area contributed by atoms with E-state index in [-0.39, 0.29) is 23.1 Å². The maximum atomic E-state index is 12.1. The van der Waals surface area contributed by atoms with Crippen molar-refractivity contribution in [3.63, 3.8) is 0 Å². The van der Waals surface area contributed by atoms with E-state index in [1.54, 1.807) is 0 Å². The fourth-order valence-electron chi connectivity index (χ4n) is 2.33. The molecule has 0 aromatic heterocycles. The van der Waals surface area contributed by atoms with E-state index in [1.807, 2.05) is 32.0 Å². The number of hydrogen-bond acceptors (Lipinski definition) is 2. The first-order valence-electron chi connectivity index (χ1n) is 6.21. The molecule has 1 aliphatic heterocycles. The van der Waals surface area contributed by atoms with Crippen LogP contribution < -0.4 is 4.90 Å². The van der Waals surface area contributed by atoms with Crippen molar-refractivity contribution in [2.75, 3.05) is 4.90 Å². The van der Waals surface area contributed by atoms with Crippen LogP contribution in [0.1, 0.15) is 31.4 Å². The third-order valence-corrected chi connectivity index (χ3v) is 4.00. The van der Waals surface area contributed by atoms with E-state index in [4.69, 9.17) is 0 Å². The van der Waals surface area contributed by atoms with Crippen LogP contribution in [-0.2, 0) is 22.4 Å². The minimum Gasteiger partial charge on any atom is -0.274 e. The molecule has 1 heterocycles. The van der Waals surface area contributed by atoms with Gasteiger partial charge in [-0.05, 0) is 24.0 Å². The molecule has 2 amide bonds. The number of halogens is 1. The van der Waals surface area contributed by atoms with Crippen molar-refractivity contribution in [3.05, 3.63) is 29.3 Å². The van der Waals surface area contributed by atoms with E-state index in [0.29, 0.717) is 0 Å². The van der Waals surface area contributed by atoms with Crippen molar-refractivity contribution in [2.24, 2.45) is 0 Å². The minimum atomic E-state index is -0.375. The molecule has 3 nitrogen and oxygen atoms in total. The Labute approximate surface area is 115 Å². The maximum Gasteiger partial charge on any atom is 0.248 e. The molecule has 1 fully saturated rings. The maximum absolute atomic E-state index is 12.1. The normalized spacial score (nSPS) is 19.7. The van der Waals surface area contributed by atoms with Crippen molar-refractivity contribution in [3.8, 4) is 0 Å². The number of nitrogens with zero attached hydrogens (tertiary/aromatic N) is 1. The molecule has 4 heteroatoms. The highest BCUT2D eigenvalue weighted by atomic mass is 79.9. The molecule has 1 saturated heterocycles. The molecule has 96 valence electrons. The highest BCUT2D eigenvalue weighted by Crippen LogP contribution is 2.33. The van der Waals surface area contributed by atoms with Crippen LogP contribution in [-0.4, -0.2) is 16.6 Å². The summed E-state index contributed by atoms with van der Waals surface area (Å²) in [5.41, 5.74) is 2.91. The molecule has 0 N–H and O–H groups in total. The van der Waals surface area contributed by atoms with Crippen molar-refractivity contribution in [1.29, 1.82) is 0 Å². The van der Waals surface area contributed by atoms with Crippen molar-refractivity contribution < 1.29 is 9.59 Å². The summed E-state index contributed by atoms with van der Waals surface area (Å²) in [6, 6.07) is 5.95. The zero-order valence-electron chi connectivity index (χ0n) is 10.6. The summed E-state index contributed by atoms with van der Waals surface area (Å²) in [6.07, 6.45) is 1.88. The van der Waals surface area contributed by atoms with Crippen LogP contribution in [0.15, 0.2) is 18.2 Å². The van der Waals surface area contributed by atoms with Gasteiger partial charge in [-0.3, -0.25) is 9.59 Å². The first kappa shape index (κ1) is 13.3. The van der Waals surface area contributed by atoms with Crippen LogP contribution in [0.25, 0.3) is 0 Å². The predicted octanol–water partition coefficient (Wildman–Crippen LogP) is 2.84. The number of benzene rings is 1. The number of para-hydroxylation sites is 1. The van der Waals surface area contributed by atoms with E-state index >= 15 is 0 Å². The van der Waals surface area contributed by atoms with Crippen LogP contribution >= 0.6 is 15.9 Å². The van der Waals surface area contributed by atoms with Crippen molar-refractivity contribution in [1.82, 2.24) is 0 Å². The lowest BCUT2D eigenvalue weighted by atomic mass is 10.0. The lowest BCUT2D eigenvalue weighted by Crippen LogP contribution is -2.32. The quantitative estimate of drug-likeness (QED) is 0.636. The topological polar surface area (TPSA) is 37.4 Å². The smallest absolute Gasteiger partial charge is 0.248 e. The molecule has 1 aromatic rings. The number of hydrogen-bond donors (Lipinski definition) is 0. The number of anilines is 1. The van der Waals surface area contributed by atoms with Gasteiger partial charge in [0.05, 0.1) is 5.69 Å². The molecule has 0 bridgehead atoms. The summed E-state index contributed by atoms with van der Waals surface area (Å²) in [7, 11) is 0. The van der Waals surface area contributed by atoms with Crippen molar-refractivity contribution in [2.45, 2.75) is 37.9 Å². The van der Waals surface area contributed by atoms with Gasteiger partial charge in [0.25, 0.3) is 0 Å². The van der Waals surface area contributed by atoms with Gasteiger partial charge in [-0.25, -0.2) is 4.90 Å². The van der Waals surface area contributed by atoms with E-state index in [1.165, 1.54) is 4.90 Å². The Morgan fingerprint density at radius 2 is 1.78 bits per heavy atom. The molecular weight excluding hydrogens is 294 g/mol. The van der Waals surface area contributed by atoms with Crippen LogP contribution in [0.2, 0.25) is 0 Å². The number of amides is 2. The molecule has 1 unspecified atom stereocenters. The van der Waals surface area contributed by atoms with Gasteiger partial charge in [-0.1, -0.05) is 48.0 Å². The third kappa shape index (κ3) is 2.09. The highest BCUT2D eigenvalue weighted by molar-refractivity contribution is 9.10. The van der Waals surface area contributed by atoms with Crippen LogP contribution in [0.3, 0.4) is 0 Å². The number of imide groups is 1. The van der Waals surface area contributed by atoms with Crippen LogP contribution in [0, 0.1) is 0 Å². The van der Waals surface area contributed by atoms with Gasteiger partial charge in [-0.2, -0.15) is 0 Å².